The second-order valence-corrected chi connectivity index (χ2v) is 2.06. The molecule has 1 aromatic rings. The van der Waals surface area contributed by atoms with E-state index in [9.17, 15) is 0 Å². The molecule has 0 unspecified atom stereocenters. The Labute approximate surface area is 86.4 Å². The monoisotopic (exact) mass is 170 g/mol. The molecule has 9 heavy (non-hydrogen) atoms. The molecule has 0 bridgehead atoms. The zero-order valence-electron chi connectivity index (χ0n) is 5.89. The van der Waals surface area contributed by atoms with Gasteiger partial charge in [0.25, 0.3) is 0 Å². The van der Waals surface area contributed by atoms with Gasteiger partial charge >= 0.3 is 29.6 Å². The molecule has 2 nitrogen and oxygen atoms in total. The van der Waals surface area contributed by atoms with Crippen LogP contribution in [-0.2, 0) is 0 Å². The summed E-state index contributed by atoms with van der Waals surface area (Å²) < 4.78 is 0.592. The predicted molar refractivity (Wildman–Crippen MR) is 35.5 cm³/mol. The van der Waals surface area contributed by atoms with Gasteiger partial charge in [0.15, 0.2) is 0 Å². The molecule has 0 spiro atoms. The Morgan fingerprint density at radius 2 is 2.44 bits per heavy atom. The largest absolute Gasteiger partial charge is 1.00 e. The number of halogens is 1. The summed E-state index contributed by atoms with van der Waals surface area (Å²) in [4.78, 5) is 6.43. The molecule has 5 heteroatoms. The number of aromatic amines is 1. The van der Waals surface area contributed by atoms with E-state index in [0.29, 0.717) is 9.79 Å². The molecule has 0 aliphatic heterocycles. The number of nitrogens with zero attached hydrogens (tertiary/aromatic N) is 1. The molecule has 1 aromatic heterocycles. The summed E-state index contributed by atoms with van der Waals surface area (Å²) in [5.41, 5.74) is 0. The molecular formula is C4H4ClN2NaS. The van der Waals surface area contributed by atoms with Gasteiger partial charge in [0.2, 0.25) is 0 Å². The van der Waals surface area contributed by atoms with E-state index in [2.05, 4.69) is 9.97 Å². The van der Waals surface area contributed by atoms with Crippen LogP contribution in [0.2, 0.25) is 5.15 Å². The van der Waals surface area contributed by atoms with Crippen molar-refractivity contribution < 1.29 is 31.0 Å². The fourth-order valence-corrected chi connectivity index (χ4v) is 0.540. The molecule has 0 amide bonds. The predicted octanol–water partition coefficient (Wildman–Crippen LogP) is -1.09. The maximum Gasteiger partial charge on any atom is 1.00 e. The van der Waals surface area contributed by atoms with E-state index in [-0.39, 0.29) is 31.0 Å². The third-order valence-corrected chi connectivity index (χ3v) is 1.07. The Hall–Kier alpha value is 0.590. The van der Waals surface area contributed by atoms with Crippen molar-refractivity contribution in [2.45, 2.75) is 0 Å². The van der Waals surface area contributed by atoms with Crippen LogP contribution in [0.25, 0.3) is 0 Å². The first-order valence-corrected chi connectivity index (χ1v) is 2.78. The second kappa shape index (κ2) is 4.41. The van der Waals surface area contributed by atoms with Gasteiger partial charge in [0.05, 0.1) is 6.20 Å². The maximum absolute atomic E-state index is 5.42. The second-order valence-electron chi connectivity index (χ2n) is 1.23. The number of hydrogen-bond acceptors (Lipinski definition) is 2. The minimum Gasteiger partial charge on any atom is -1.00 e. The summed E-state index contributed by atoms with van der Waals surface area (Å²) in [5.74, 6) is 0. The zero-order valence-corrected chi connectivity index (χ0v) is 8.46. The molecule has 0 atom stereocenters. The van der Waals surface area contributed by atoms with E-state index >= 15 is 0 Å². The van der Waals surface area contributed by atoms with Gasteiger partial charge in [-0.05, 0) is 0 Å². The van der Waals surface area contributed by atoms with Crippen molar-refractivity contribution in [3.05, 3.63) is 22.2 Å². The molecule has 1 N–H and O–H groups in total. The molecule has 0 radical (unpaired) electrons. The van der Waals surface area contributed by atoms with Gasteiger partial charge in [-0.25, -0.2) is 4.98 Å². The van der Waals surface area contributed by atoms with Crippen LogP contribution in [0.4, 0.5) is 0 Å². The summed E-state index contributed by atoms with van der Waals surface area (Å²) in [5, 5.41) is 0.429. The van der Waals surface area contributed by atoms with E-state index in [4.69, 9.17) is 23.8 Å². The molecule has 0 saturated carbocycles. The van der Waals surface area contributed by atoms with Crippen LogP contribution in [0.5, 0.6) is 0 Å². The van der Waals surface area contributed by atoms with E-state index < -0.39 is 0 Å². The summed E-state index contributed by atoms with van der Waals surface area (Å²) in [7, 11) is 0. The van der Waals surface area contributed by atoms with Crippen molar-refractivity contribution in [1.29, 1.82) is 0 Å². The van der Waals surface area contributed by atoms with Crippen molar-refractivity contribution in [3.8, 4) is 0 Å². The van der Waals surface area contributed by atoms with Crippen LogP contribution in [-0.4, -0.2) is 9.97 Å². The summed E-state index contributed by atoms with van der Waals surface area (Å²) in [6.45, 7) is 0. The first-order valence-electron chi connectivity index (χ1n) is 1.99. The van der Waals surface area contributed by atoms with Crippen LogP contribution in [0.3, 0.4) is 0 Å². The smallest absolute Gasteiger partial charge is 1.00 e. The van der Waals surface area contributed by atoms with E-state index in [1.54, 1.807) is 6.20 Å². The molecule has 0 aromatic carbocycles. The van der Waals surface area contributed by atoms with Crippen molar-refractivity contribution >= 4 is 23.8 Å². The average Bonchev–Trinajstić information content (AvgIpc) is 1.77. The van der Waals surface area contributed by atoms with E-state index in [1.807, 2.05) is 0 Å². The van der Waals surface area contributed by atoms with Crippen LogP contribution < -0.4 is 29.6 Å². The summed E-state index contributed by atoms with van der Waals surface area (Å²) >= 11 is 10.1. The van der Waals surface area contributed by atoms with Crippen molar-refractivity contribution in [1.82, 2.24) is 9.97 Å². The van der Waals surface area contributed by atoms with Crippen LogP contribution >= 0.6 is 23.8 Å². The van der Waals surface area contributed by atoms with Crippen LogP contribution in [0, 0.1) is 4.64 Å². The van der Waals surface area contributed by atoms with Gasteiger partial charge < -0.3 is 6.41 Å². The average molecular weight is 171 g/mol. The third kappa shape index (κ3) is 3.33. The Bertz CT molecular complexity index is 220. The van der Waals surface area contributed by atoms with Gasteiger partial charge in [0.1, 0.15) is 9.79 Å². The molecule has 0 fully saturated rings. The van der Waals surface area contributed by atoms with Gasteiger partial charge in [-0.3, -0.25) is 0 Å². The maximum atomic E-state index is 5.42. The number of H-pyrrole nitrogens is 1. The summed E-state index contributed by atoms with van der Waals surface area (Å²) in [6.07, 6.45) is 3.04. The Balaban J connectivity index is 0. The summed E-state index contributed by atoms with van der Waals surface area (Å²) in [6, 6.07) is 0. The number of rotatable bonds is 0. The molecule has 0 aliphatic rings. The van der Waals surface area contributed by atoms with Gasteiger partial charge in [0, 0.05) is 6.20 Å². The number of aromatic nitrogens is 2. The third-order valence-electron chi connectivity index (χ3n) is 0.639. The Morgan fingerprint density at radius 1 is 1.78 bits per heavy atom. The molecule has 0 saturated heterocycles. The van der Waals surface area contributed by atoms with Crippen LogP contribution in [0.1, 0.15) is 1.43 Å². The molecule has 44 valence electrons. The molecule has 1 rings (SSSR count). The van der Waals surface area contributed by atoms with Crippen molar-refractivity contribution in [2.24, 2.45) is 0 Å². The van der Waals surface area contributed by atoms with Crippen molar-refractivity contribution in [3.63, 3.8) is 0 Å². The Morgan fingerprint density at radius 3 is 2.78 bits per heavy atom. The standard InChI is InChI=1S/C4H3ClN2S.Na.H/c5-3-1-7-4(8)2-6-3;;/h1-2H,(H,7,8);;/q;+1;-1. The fourth-order valence-electron chi connectivity index (χ4n) is 0.326. The minimum atomic E-state index is 0. The Kier molecular flexibility index (Phi) is 4.70. The van der Waals surface area contributed by atoms with Crippen molar-refractivity contribution in [2.75, 3.05) is 0 Å². The minimum absolute atomic E-state index is 0. The van der Waals surface area contributed by atoms with E-state index in [1.165, 1.54) is 6.20 Å². The molecular weight excluding hydrogens is 167 g/mol. The zero-order chi connectivity index (χ0) is 5.98. The molecule has 1 heterocycles. The molecule has 0 aliphatic carbocycles. The normalized spacial score (nSPS) is 8.11. The van der Waals surface area contributed by atoms with Gasteiger partial charge in [-0.15, -0.1) is 0 Å². The number of hydrogen-bond donors (Lipinski definition) is 1. The van der Waals surface area contributed by atoms with Gasteiger partial charge in [-0.2, -0.15) is 0 Å². The fraction of sp³-hybridized carbons (Fsp3) is 0. The quantitative estimate of drug-likeness (QED) is 0.396. The van der Waals surface area contributed by atoms with Crippen LogP contribution in [0.15, 0.2) is 12.4 Å². The SMILES string of the molecule is S=c1cnc(Cl)c[nH]1.[H-].[Na+]. The first-order chi connectivity index (χ1) is 3.79. The van der Waals surface area contributed by atoms with Gasteiger partial charge in [-0.1, -0.05) is 23.8 Å². The number of nitrogens with one attached hydrogen (secondary N) is 1. The topological polar surface area (TPSA) is 28.7 Å². The first kappa shape index (κ1) is 9.59. The van der Waals surface area contributed by atoms with E-state index in [0.717, 1.165) is 0 Å².